The van der Waals surface area contributed by atoms with E-state index in [4.69, 9.17) is 0 Å². The number of carbonyl (C=O) groups excluding carboxylic acids is 1. The molecular formula is C16H21NOS. The van der Waals surface area contributed by atoms with Crippen LogP contribution in [-0.2, 0) is 6.54 Å². The second kappa shape index (κ2) is 6.10. The van der Waals surface area contributed by atoms with E-state index in [1.807, 2.05) is 23.9 Å². The molecule has 0 spiro atoms. The Kier molecular flexibility index (Phi) is 4.24. The van der Waals surface area contributed by atoms with Gasteiger partial charge in [-0.2, -0.15) is 11.8 Å². The van der Waals surface area contributed by atoms with Crippen LogP contribution < -0.4 is 0 Å². The summed E-state index contributed by atoms with van der Waals surface area (Å²) in [5.74, 6) is 3.14. The van der Waals surface area contributed by atoms with E-state index in [1.54, 1.807) is 0 Å². The van der Waals surface area contributed by atoms with Crippen molar-refractivity contribution in [3.05, 3.63) is 35.4 Å². The third-order valence-corrected chi connectivity index (χ3v) is 5.14. The van der Waals surface area contributed by atoms with Gasteiger partial charge in [0.2, 0.25) is 0 Å². The first-order valence-corrected chi connectivity index (χ1v) is 8.41. The standard InChI is InChI=1S/C16H21NOS/c18-16(14-4-2-5-14)15-6-1-3-13(11-15)12-17-7-9-19-10-8-17/h1,3,6,11,14H,2,4-5,7-10,12H2. The van der Waals surface area contributed by atoms with Gasteiger partial charge in [-0.3, -0.25) is 9.69 Å². The van der Waals surface area contributed by atoms with E-state index in [9.17, 15) is 4.79 Å². The van der Waals surface area contributed by atoms with Gasteiger partial charge in [-0.15, -0.1) is 0 Å². The van der Waals surface area contributed by atoms with Crippen molar-refractivity contribution < 1.29 is 4.79 Å². The molecule has 1 aromatic rings. The first-order chi connectivity index (χ1) is 9.33. The quantitative estimate of drug-likeness (QED) is 0.787. The molecule has 0 unspecified atom stereocenters. The minimum absolute atomic E-state index is 0.307. The fourth-order valence-electron chi connectivity index (χ4n) is 2.75. The molecule has 0 atom stereocenters. The lowest BCUT2D eigenvalue weighted by atomic mass is 9.80. The highest BCUT2D eigenvalue weighted by molar-refractivity contribution is 7.99. The fraction of sp³-hybridized carbons (Fsp3) is 0.562. The number of ketones is 1. The van der Waals surface area contributed by atoms with Crippen molar-refractivity contribution in [3.63, 3.8) is 0 Å². The molecule has 19 heavy (non-hydrogen) atoms. The summed E-state index contributed by atoms with van der Waals surface area (Å²) in [5, 5.41) is 0. The van der Waals surface area contributed by atoms with E-state index in [2.05, 4.69) is 17.0 Å². The van der Waals surface area contributed by atoms with Crippen LogP contribution in [0, 0.1) is 5.92 Å². The molecule has 1 aliphatic carbocycles. The predicted octanol–water partition coefficient (Wildman–Crippen LogP) is 3.22. The Hall–Kier alpha value is -0.800. The lowest BCUT2D eigenvalue weighted by molar-refractivity contribution is 0.0855. The Bertz CT molecular complexity index is 450. The maximum absolute atomic E-state index is 12.3. The molecule has 1 saturated heterocycles. The molecule has 2 aliphatic rings. The summed E-state index contributed by atoms with van der Waals surface area (Å²) in [6, 6.07) is 8.29. The number of Topliss-reactive ketones (excluding diaryl/α,β-unsaturated/α-hetero) is 1. The number of thioether (sulfide) groups is 1. The van der Waals surface area contributed by atoms with E-state index < -0.39 is 0 Å². The van der Waals surface area contributed by atoms with E-state index >= 15 is 0 Å². The van der Waals surface area contributed by atoms with Gasteiger partial charge in [-0.1, -0.05) is 24.6 Å². The largest absolute Gasteiger partial charge is 0.297 e. The van der Waals surface area contributed by atoms with Gasteiger partial charge in [0.05, 0.1) is 0 Å². The molecule has 1 aromatic carbocycles. The molecule has 0 N–H and O–H groups in total. The molecule has 2 fully saturated rings. The maximum Gasteiger partial charge on any atom is 0.165 e. The van der Waals surface area contributed by atoms with Crippen molar-refractivity contribution in [2.75, 3.05) is 24.6 Å². The predicted molar refractivity (Wildman–Crippen MR) is 80.7 cm³/mol. The number of carbonyl (C=O) groups is 1. The summed E-state index contributed by atoms with van der Waals surface area (Å²) < 4.78 is 0. The molecule has 0 aromatic heterocycles. The summed E-state index contributed by atoms with van der Waals surface area (Å²) >= 11 is 2.04. The van der Waals surface area contributed by atoms with Gasteiger partial charge in [-0.25, -0.2) is 0 Å². The molecule has 0 radical (unpaired) electrons. The summed E-state index contributed by atoms with van der Waals surface area (Å²) in [7, 11) is 0. The Balaban J connectivity index is 1.66. The zero-order valence-electron chi connectivity index (χ0n) is 11.3. The summed E-state index contributed by atoms with van der Waals surface area (Å²) in [5.41, 5.74) is 2.21. The first kappa shape index (κ1) is 13.2. The topological polar surface area (TPSA) is 20.3 Å². The lowest BCUT2D eigenvalue weighted by Crippen LogP contribution is -2.32. The van der Waals surface area contributed by atoms with Crippen molar-refractivity contribution in [1.82, 2.24) is 4.90 Å². The Morgan fingerprint density at radius 1 is 1.26 bits per heavy atom. The number of hydrogen-bond donors (Lipinski definition) is 0. The monoisotopic (exact) mass is 275 g/mol. The number of benzene rings is 1. The average Bonchev–Trinajstić information content (AvgIpc) is 2.38. The second-order valence-electron chi connectivity index (χ2n) is 5.58. The molecule has 1 saturated carbocycles. The molecule has 0 amide bonds. The molecular weight excluding hydrogens is 254 g/mol. The summed E-state index contributed by atoms with van der Waals surface area (Å²) in [6.07, 6.45) is 3.40. The molecule has 1 heterocycles. The Labute approximate surface area is 119 Å². The Morgan fingerprint density at radius 2 is 2.05 bits per heavy atom. The van der Waals surface area contributed by atoms with Crippen LogP contribution in [0.15, 0.2) is 24.3 Å². The molecule has 2 nitrogen and oxygen atoms in total. The maximum atomic E-state index is 12.3. The Morgan fingerprint density at radius 3 is 2.74 bits per heavy atom. The molecule has 0 bridgehead atoms. The van der Waals surface area contributed by atoms with E-state index in [0.717, 1.165) is 24.9 Å². The minimum Gasteiger partial charge on any atom is -0.297 e. The van der Waals surface area contributed by atoms with Crippen molar-refractivity contribution in [2.45, 2.75) is 25.8 Å². The van der Waals surface area contributed by atoms with Gasteiger partial charge in [0, 0.05) is 42.6 Å². The van der Waals surface area contributed by atoms with Crippen molar-refractivity contribution >= 4 is 17.5 Å². The SMILES string of the molecule is O=C(c1cccc(CN2CCSCC2)c1)C1CCC1. The van der Waals surface area contributed by atoms with Gasteiger partial charge in [-0.05, 0) is 24.5 Å². The zero-order chi connectivity index (χ0) is 13.1. The minimum atomic E-state index is 0.307. The number of nitrogens with zero attached hydrogens (tertiary/aromatic N) is 1. The van der Waals surface area contributed by atoms with Crippen LogP contribution in [0.25, 0.3) is 0 Å². The van der Waals surface area contributed by atoms with Gasteiger partial charge in [0.15, 0.2) is 5.78 Å². The molecule has 3 heteroatoms. The van der Waals surface area contributed by atoms with Crippen molar-refractivity contribution in [2.24, 2.45) is 5.92 Å². The number of hydrogen-bond acceptors (Lipinski definition) is 3. The van der Waals surface area contributed by atoms with Crippen LogP contribution in [0.3, 0.4) is 0 Å². The van der Waals surface area contributed by atoms with E-state index in [0.29, 0.717) is 11.7 Å². The summed E-state index contributed by atoms with van der Waals surface area (Å²) in [4.78, 5) is 14.7. The fourth-order valence-corrected chi connectivity index (χ4v) is 3.73. The van der Waals surface area contributed by atoms with Crippen LogP contribution in [0.4, 0.5) is 0 Å². The van der Waals surface area contributed by atoms with Gasteiger partial charge in [0.25, 0.3) is 0 Å². The third kappa shape index (κ3) is 3.21. The van der Waals surface area contributed by atoms with Gasteiger partial charge >= 0.3 is 0 Å². The highest BCUT2D eigenvalue weighted by Crippen LogP contribution is 2.30. The van der Waals surface area contributed by atoms with Crippen LogP contribution in [0.2, 0.25) is 0 Å². The van der Waals surface area contributed by atoms with Crippen LogP contribution in [-0.4, -0.2) is 35.3 Å². The smallest absolute Gasteiger partial charge is 0.165 e. The average molecular weight is 275 g/mol. The van der Waals surface area contributed by atoms with E-state index in [1.165, 1.54) is 36.6 Å². The third-order valence-electron chi connectivity index (χ3n) is 4.20. The highest BCUT2D eigenvalue weighted by Gasteiger charge is 2.26. The number of rotatable bonds is 4. The molecule has 1 aliphatic heterocycles. The van der Waals surface area contributed by atoms with Crippen LogP contribution >= 0.6 is 11.8 Å². The van der Waals surface area contributed by atoms with Crippen molar-refractivity contribution in [3.8, 4) is 0 Å². The van der Waals surface area contributed by atoms with Gasteiger partial charge in [0.1, 0.15) is 0 Å². The van der Waals surface area contributed by atoms with Crippen LogP contribution in [0.5, 0.6) is 0 Å². The first-order valence-electron chi connectivity index (χ1n) is 7.26. The van der Waals surface area contributed by atoms with Gasteiger partial charge < -0.3 is 0 Å². The molecule has 3 rings (SSSR count). The molecule has 102 valence electrons. The second-order valence-corrected chi connectivity index (χ2v) is 6.81. The highest BCUT2D eigenvalue weighted by atomic mass is 32.2. The van der Waals surface area contributed by atoms with Crippen molar-refractivity contribution in [1.29, 1.82) is 0 Å². The normalized spacial score (nSPS) is 21.1. The van der Waals surface area contributed by atoms with E-state index in [-0.39, 0.29) is 0 Å². The van der Waals surface area contributed by atoms with Crippen LogP contribution in [0.1, 0.15) is 35.2 Å². The zero-order valence-corrected chi connectivity index (χ0v) is 12.1. The summed E-state index contributed by atoms with van der Waals surface area (Å²) in [6.45, 7) is 3.34. The lowest BCUT2D eigenvalue weighted by Gasteiger charge is -2.27.